The van der Waals surface area contributed by atoms with Crippen LogP contribution in [0.3, 0.4) is 0 Å². The Balaban J connectivity index is 0.000000160. The van der Waals surface area contributed by atoms with E-state index in [1.165, 1.54) is 43.8 Å². The van der Waals surface area contributed by atoms with E-state index >= 15 is 0 Å². The second-order valence-corrected chi connectivity index (χ2v) is 6.11. The van der Waals surface area contributed by atoms with Gasteiger partial charge >= 0.3 is 0 Å². The molecule has 0 aliphatic rings. The maximum atomic E-state index is 2.24. The third kappa shape index (κ3) is 3.42. The summed E-state index contributed by atoms with van der Waals surface area (Å²) in [4.78, 5) is 0. The first-order valence-electron chi connectivity index (χ1n) is 7.81. The molecular formula is C22H22Cr-6. The zero-order valence-corrected chi connectivity index (χ0v) is 15.5. The SMILES string of the molecule is C[c-]1[cH-][c-](C)[c-]2cccc[c-]12.Cc1cc(C)[c-]2ccccc12.[Cr]. The first-order chi connectivity index (χ1) is 10.6. The van der Waals surface area contributed by atoms with E-state index in [0.29, 0.717) is 0 Å². The molecule has 0 heterocycles. The number of rotatable bonds is 0. The van der Waals surface area contributed by atoms with Gasteiger partial charge in [0.25, 0.3) is 0 Å². The van der Waals surface area contributed by atoms with E-state index in [9.17, 15) is 0 Å². The molecule has 0 bridgehead atoms. The third-order valence-electron chi connectivity index (χ3n) is 4.42. The summed E-state index contributed by atoms with van der Waals surface area (Å²) in [5, 5.41) is 5.57. The van der Waals surface area contributed by atoms with Crippen LogP contribution in [0.1, 0.15) is 22.3 Å². The van der Waals surface area contributed by atoms with Gasteiger partial charge in [-0.15, -0.1) is 52.9 Å². The molecule has 0 unspecified atom stereocenters. The Morgan fingerprint density at radius 1 is 0.826 bits per heavy atom. The average Bonchev–Trinajstić information content (AvgIpc) is 2.99. The van der Waals surface area contributed by atoms with E-state index in [1.54, 1.807) is 0 Å². The number of fused-ring (bicyclic) bond motifs is 2. The van der Waals surface area contributed by atoms with Crippen molar-refractivity contribution in [3.05, 3.63) is 82.9 Å². The smallest absolute Gasteiger partial charge is 0 e. The Morgan fingerprint density at radius 2 is 1.39 bits per heavy atom. The van der Waals surface area contributed by atoms with Gasteiger partial charge < -0.3 is 34.0 Å². The zero-order chi connectivity index (χ0) is 15.7. The van der Waals surface area contributed by atoms with Crippen LogP contribution in [-0.4, -0.2) is 0 Å². The van der Waals surface area contributed by atoms with Gasteiger partial charge in [0.1, 0.15) is 0 Å². The van der Waals surface area contributed by atoms with Crippen molar-refractivity contribution >= 4 is 21.5 Å². The molecule has 0 amide bonds. The van der Waals surface area contributed by atoms with Crippen molar-refractivity contribution in [1.29, 1.82) is 0 Å². The van der Waals surface area contributed by atoms with Crippen LogP contribution < -0.4 is 0 Å². The maximum absolute atomic E-state index is 2.24. The standard InChI is InChI=1S/2C11H11.Cr/c2*1-8-7-9(2)11-6-4-3-5-10(8)11;/h2*3-7H,1-2H3;/q-5;-1;. The van der Waals surface area contributed by atoms with Crippen LogP contribution in [0.5, 0.6) is 0 Å². The van der Waals surface area contributed by atoms with Crippen molar-refractivity contribution < 1.29 is 17.4 Å². The first-order valence-corrected chi connectivity index (χ1v) is 7.81. The van der Waals surface area contributed by atoms with Crippen LogP contribution in [0.25, 0.3) is 21.5 Å². The van der Waals surface area contributed by atoms with Crippen LogP contribution in [-0.2, 0) is 17.4 Å². The number of hydrogen-bond donors (Lipinski definition) is 0. The summed E-state index contributed by atoms with van der Waals surface area (Å²) >= 11 is 0. The summed E-state index contributed by atoms with van der Waals surface area (Å²) in [6, 6.07) is 21.6. The molecule has 4 rings (SSSR count). The summed E-state index contributed by atoms with van der Waals surface area (Å²) in [5.74, 6) is 0. The quantitative estimate of drug-likeness (QED) is 0.328. The second-order valence-electron chi connectivity index (χ2n) is 6.11. The van der Waals surface area contributed by atoms with Crippen LogP contribution in [0, 0.1) is 27.7 Å². The summed E-state index contributed by atoms with van der Waals surface area (Å²) in [6.07, 6.45) is 0. The Morgan fingerprint density at radius 3 is 1.96 bits per heavy atom. The number of hydrogen-bond acceptors (Lipinski definition) is 0. The fraction of sp³-hybridized carbons (Fsp3) is 0.182. The van der Waals surface area contributed by atoms with Crippen LogP contribution in [0.4, 0.5) is 0 Å². The van der Waals surface area contributed by atoms with Gasteiger partial charge in [-0.1, -0.05) is 19.2 Å². The topological polar surface area (TPSA) is 0 Å². The minimum Gasteiger partial charge on any atom is -0.790 e. The van der Waals surface area contributed by atoms with Crippen LogP contribution >= 0.6 is 0 Å². The van der Waals surface area contributed by atoms with Crippen LogP contribution in [0.2, 0.25) is 0 Å². The Bertz CT molecular complexity index is 772. The number of benzene rings is 2. The number of aryl methyl sites for hydroxylation is 4. The predicted molar refractivity (Wildman–Crippen MR) is 98.0 cm³/mol. The molecule has 0 saturated carbocycles. The molecule has 4 aromatic carbocycles. The van der Waals surface area contributed by atoms with E-state index in [-0.39, 0.29) is 17.4 Å². The van der Waals surface area contributed by atoms with Crippen molar-refractivity contribution in [1.82, 2.24) is 0 Å². The van der Waals surface area contributed by atoms with Gasteiger partial charge in [-0.2, -0.15) is 13.8 Å². The van der Waals surface area contributed by atoms with Gasteiger partial charge in [0.15, 0.2) is 0 Å². The third-order valence-corrected chi connectivity index (χ3v) is 4.42. The van der Waals surface area contributed by atoms with Crippen LogP contribution in [0.15, 0.2) is 60.7 Å². The first kappa shape index (κ1) is 17.5. The molecule has 122 valence electrons. The maximum Gasteiger partial charge on any atom is 0 e. The predicted octanol–water partition coefficient (Wildman–Crippen LogP) is 6.35. The molecular weight excluding hydrogens is 316 g/mol. The minimum atomic E-state index is 0. The molecule has 0 radical (unpaired) electrons. The molecule has 0 saturated heterocycles. The van der Waals surface area contributed by atoms with Gasteiger partial charge in [-0.25, -0.2) is 6.07 Å². The van der Waals surface area contributed by atoms with E-state index < -0.39 is 0 Å². The molecule has 23 heavy (non-hydrogen) atoms. The molecule has 0 atom stereocenters. The second kappa shape index (κ2) is 7.18. The zero-order valence-electron chi connectivity index (χ0n) is 14.2. The fourth-order valence-electron chi connectivity index (χ4n) is 3.30. The molecule has 4 aromatic rings. The normalized spacial score (nSPS) is 10.3. The summed E-state index contributed by atoms with van der Waals surface area (Å²) in [5.41, 5.74) is 5.55. The molecule has 0 fully saturated rings. The van der Waals surface area contributed by atoms with Gasteiger partial charge in [0.05, 0.1) is 0 Å². The van der Waals surface area contributed by atoms with Gasteiger partial charge in [-0.05, 0) is 0 Å². The van der Waals surface area contributed by atoms with Crippen molar-refractivity contribution in [3.8, 4) is 0 Å². The Kier molecular flexibility index (Phi) is 5.47. The fourth-order valence-corrected chi connectivity index (χ4v) is 3.30. The van der Waals surface area contributed by atoms with E-state index in [2.05, 4.69) is 88.4 Å². The van der Waals surface area contributed by atoms with E-state index in [0.717, 1.165) is 0 Å². The Labute approximate surface area is 149 Å². The van der Waals surface area contributed by atoms with Gasteiger partial charge in [0, 0.05) is 17.4 Å². The van der Waals surface area contributed by atoms with Crippen molar-refractivity contribution in [2.45, 2.75) is 27.7 Å². The van der Waals surface area contributed by atoms with Crippen molar-refractivity contribution in [3.63, 3.8) is 0 Å². The molecule has 0 spiro atoms. The summed E-state index contributed by atoms with van der Waals surface area (Å²) < 4.78 is 0. The molecule has 0 aliphatic heterocycles. The monoisotopic (exact) mass is 338 g/mol. The minimum absolute atomic E-state index is 0. The van der Waals surface area contributed by atoms with E-state index in [4.69, 9.17) is 0 Å². The Hall–Kier alpha value is -1.81. The largest absolute Gasteiger partial charge is 0.790 e. The van der Waals surface area contributed by atoms with Gasteiger partial charge in [-0.3, -0.25) is 6.07 Å². The van der Waals surface area contributed by atoms with Crippen molar-refractivity contribution in [2.75, 3.05) is 0 Å². The van der Waals surface area contributed by atoms with E-state index in [1.807, 2.05) is 0 Å². The molecule has 0 N–H and O–H groups in total. The molecule has 0 aliphatic carbocycles. The summed E-state index contributed by atoms with van der Waals surface area (Å²) in [7, 11) is 0. The molecule has 1 heteroatoms. The van der Waals surface area contributed by atoms with Gasteiger partial charge in [0.2, 0.25) is 0 Å². The summed E-state index contributed by atoms with van der Waals surface area (Å²) in [6.45, 7) is 8.65. The average molecular weight is 338 g/mol. The molecule has 0 aromatic heterocycles. The molecule has 0 nitrogen and oxygen atoms in total. The van der Waals surface area contributed by atoms with Crippen molar-refractivity contribution in [2.24, 2.45) is 0 Å².